The first kappa shape index (κ1) is 26.8. The van der Waals surface area contributed by atoms with Gasteiger partial charge in [0.2, 0.25) is 17.7 Å². The van der Waals surface area contributed by atoms with Gasteiger partial charge in [0.25, 0.3) is 0 Å². The summed E-state index contributed by atoms with van der Waals surface area (Å²) in [6.07, 6.45) is -0.186. The molecule has 10 nitrogen and oxygen atoms in total. The third-order valence-corrected chi connectivity index (χ3v) is 5.05. The number of nitrogens with two attached hydrogens (primary N) is 1. The molecule has 0 saturated carbocycles. The normalized spacial score (nSPS) is 18.3. The Hall–Kier alpha value is -2.20. The van der Waals surface area contributed by atoms with Crippen LogP contribution in [0.5, 0.6) is 0 Å². The molecule has 0 aliphatic carbocycles. The fourth-order valence-corrected chi connectivity index (χ4v) is 2.56. The number of aliphatic hydroxyl groups excluding tert-OH is 1. The lowest BCUT2D eigenvalue weighted by Gasteiger charge is -2.30. The largest absolute Gasteiger partial charge is 0.480 e. The Morgan fingerprint density at radius 3 is 1.38 bits per heavy atom. The van der Waals surface area contributed by atoms with Crippen LogP contribution >= 0.6 is 0 Å². The number of rotatable bonds is 12. The third kappa shape index (κ3) is 8.36. The van der Waals surface area contributed by atoms with Crippen molar-refractivity contribution in [2.24, 2.45) is 17.6 Å². The van der Waals surface area contributed by atoms with E-state index in [2.05, 4.69) is 16.0 Å². The van der Waals surface area contributed by atoms with Crippen molar-refractivity contribution < 1.29 is 29.4 Å². The summed E-state index contributed by atoms with van der Waals surface area (Å²) >= 11 is 0. The van der Waals surface area contributed by atoms with Crippen LogP contribution in [0.1, 0.15) is 54.4 Å². The Morgan fingerprint density at radius 2 is 1.10 bits per heavy atom. The highest BCUT2D eigenvalue weighted by molar-refractivity contribution is 5.94. The zero-order chi connectivity index (χ0) is 22.9. The molecule has 0 saturated heterocycles. The third-order valence-electron chi connectivity index (χ3n) is 5.05. The number of aliphatic carboxylic acids is 1. The molecule has 168 valence electrons. The highest BCUT2D eigenvalue weighted by Gasteiger charge is 2.34. The second-order valence-corrected chi connectivity index (χ2v) is 7.60. The van der Waals surface area contributed by atoms with E-state index >= 15 is 0 Å². The molecule has 0 aromatic carbocycles. The summed E-state index contributed by atoms with van der Waals surface area (Å²) in [6.45, 7) is 9.96. The number of aliphatic hydroxyl groups is 1. The lowest BCUT2D eigenvalue weighted by molar-refractivity contribution is -0.145. The van der Waals surface area contributed by atoms with E-state index in [9.17, 15) is 29.4 Å². The predicted octanol–water partition coefficient (Wildman–Crippen LogP) is -0.654. The van der Waals surface area contributed by atoms with Crippen LogP contribution in [0.4, 0.5) is 0 Å². The van der Waals surface area contributed by atoms with Crippen LogP contribution in [-0.4, -0.2) is 64.2 Å². The van der Waals surface area contributed by atoms with Crippen LogP contribution in [0.25, 0.3) is 0 Å². The Bertz CT molecular complexity index is 581. The number of carbonyl (C=O) groups is 4. The molecular weight excluding hydrogens is 380 g/mol. The van der Waals surface area contributed by atoms with Crippen molar-refractivity contribution in [1.82, 2.24) is 16.0 Å². The molecule has 7 N–H and O–H groups in total. The molecule has 0 heterocycles. The van der Waals surface area contributed by atoms with Crippen LogP contribution in [0.15, 0.2) is 0 Å². The van der Waals surface area contributed by atoms with Gasteiger partial charge in [0.15, 0.2) is 6.04 Å². The van der Waals surface area contributed by atoms with E-state index in [-0.39, 0.29) is 11.8 Å². The summed E-state index contributed by atoms with van der Waals surface area (Å²) < 4.78 is 0. The number of nitrogens with one attached hydrogen (secondary N) is 3. The minimum atomic E-state index is -1.51. The van der Waals surface area contributed by atoms with Gasteiger partial charge >= 0.3 is 5.97 Å². The van der Waals surface area contributed by atoms with E-state index in [1.165, 1.54) is 13.8 Å². The summed E-state index contributed by atoms with van der Waals surface area (Å²) in [7, 11) is 0. The molecule has 0 aliphatic heterocycles. The van der Waals surface area contributed by atoms with Gasteiger partial charge in [-0.05, 0) is 25.7 Å². The predicted molar refractivity (Wildman–Crippen MR) is 108 cm³/mol. The molecule has 0 aromatic heterocycles. The van der Waals surface area contributed by atoms with Gasteiger partial charge in [-0.15, -0.1) is 0 Å². The molecule has 0 radical (unpaired) electrons. The molecule has 7 atom stereocenters. The maximum absolute atomic E-state index is 12.9. The maximum atomic E-state index is 12.9. The van der Waals surface area contributed by atoms with Crippen molar-refractivity contribution in [3.8, 4) is 0 Å². The van der Waals surface area contributed by atoms with Crippen LogP contribution in [0, 0.1) is 11.8 Å². The Balaban J connectivity index is 5.55. The molecule has 0 aliphatic rings. The lowest BCUT2D eigenvalue weighted by Crippen LogP contribution is -2.60. The lowest BCUT2D eigenvalue weighted by atomic mass is 9.94. The van der Waals surface area contributed by atoms with Crippen molar-refractivity contribution in [2.75, 3.05) is 0 Å². The Morgan fingerprint density at radius 1 is 0.759 bits per heavy atom. The van der Waals surface area contributed by atoms with Gasteiger partial charge in [0.1, 0.15) is 12.1 Å². The standard InChI is InChI=1S/C19H36N4O6/c1-7-9(3)13(21-16(25)11(5)20)17(26)22-14(10(4)8-2)18(27)23-15(12(6)24)19(28)29/h9-15,24H,7-8,20H2,1-6H3,(H,21,25)(H,22,26)(H,23,27)(H,28,29)/t9-,10-,11-,12+,13-,14-,15-/m0/s1. The first-order valence-electron chi connectivity index (χ1n) is 9.94. The highest BCUT2D eigenvalue weighted by Crippen LogP contribution is 2.13. The fraction of sp³-hybridized carbons (Fsp3) is 0.789. The average Bonchev–Trinajstić information content (AvgIpc) is 2.65. The van der Waals surface area contributed by atoms with E-state index in [1.54, 1.807) is 13.8 Å². The van der Waals surface area contributed by atoms with Crippen LogP contribution in [0.2, 0.25) is 0 Å². The number of amides is 3. The van der Waals surface area contributed by atoms with Crippen LogP contribution in [-0.2, 0) is 19.2 Å². The molecule has 3 amide bonds. The Kier molecular flexibility index (Phi) is 11.4. The van der Waals surface area contributed by atoms with Crippen molar-refractivity contribution >= 4 is 23.7 Å². The maximum Gasteiger partial charge on any atom is 0.328 e. The van der Waals surface area contributed by atoms with Gasteiger partial charge in [0, 0.05) is 0 Å². The molecule has 0 rings (SSSR count). The number of hydrogen-bond acceptors (Lipinski definition) is 6. The van der Waals surface area contributed by atoms with Crippen LogP contribution in [0.3, 0.4) is 0 Å². The number of hydrogen-bond donors (Lipinski definition) is 6. The quantitative estimate of drug-likeness (QED) is 0.245. The van der Waals surface area contributed by atoms with Gasteiger partial charge in [-0.25, -0.2) is 4.79 Å². The van der Waals surface area contributed by atoms with E-state index in [0.29, 0.717) is 12.8 Å². The zero-order valence-electron chi connectivity index (χ0n) is 18.1. The van der Waals surface area contributed by atoms with Gasteiger partial charge in [-0.3, -0.25) is 14.4 Å². The van der Waals surface area contributed by atoms with Gasteiger partial charge in [-0.1, -0.05) is 40.5 Å². The zero-order valence-corrected chi connectivity index (χ0v) is 18.1. The number of carboxylic acid groups (broad SMARTS) is 1. The van der Waals surface area contributed by atoms with E-state index in [4.69, 9.17) is 5.73 Å². The summed E-state index contributed by atoms with van der Waals surface area (Å²) in [4.78, 5) is 48.8. The number of carboxylic acids is 1. The summed E-state index contributed by atoms with van der Waals surface area (Å²) in [5.74, 6) is -3.69. The molecule has 29 heavy (non-hydrogen) atoms. The van der Waals surface area contributed by atoms with Gasteiger partial charge in [0.05, 0.1) is 12.1 Å². The first-order chi connectivity index (χ1) is 13.4. The van der Waals surface area contributed by atoms with Gasteiger partial charge in [-0.2, -0.15) is 0 Å². The summed E-state index contributed by atoms with van der Waals surface area (Å²) in [6, 6.07) is -4.24. The van der Waals surface area contributed by atoms with E-state index in [1.807, 2.05) is 13.8 Å². The molecule has 0 aromatic rings. The van der Waals surface area contributed by atoms with Crippen molar-refractivity contribution in [1.29, 1.82) is 0 Å². The monoisotopic (exact) mass is 416 g/mol. The smallest absolute Gasteiger partial charge is 0.328 e. The highest BCUT2D eigenvalue weighted by atomic mass is 16.4. The molecule has 0 bridgehead atoms. The molecule has 10 heteroatoms. The van der Waals surface area contributed by atoms with Gasteiger partial charge < -0.3 is 31.9 Å². The minimum absolute atomic E-state index is 0.220. The van der Waals surface area contributed by atoms with Crippen molar-refractivity contribution in [2.45, 2.75) is 84.7 Å². The molecule has 0 spiro atoms. The summed E-state index contributed by atoms with van der Waals surface area (Å²) in [5, 5.41) is 26.3. The van der Waals surface area contributed by atoms with Crippen molar-refractivity contribution in [3.05, 3.63) is 0 Å². The molecule has 0 fully saturated rings. The molecule has 0 unspecified atom stereocenters. The Labute approximate surface area is 172 Å². The van der Waals surface area contributed by atoms with Crippen LogP contribution < -0.4 is 21.7 Å². The topological polar surface area (TPSA) is 171 Å². The minimum Gasteiger partial charge on any atom is -0.480 e. The van der Waals surface area contributed by atoms with E-state index < -0.39 is 54.0 Å². The fourth-order valence-electron chi connectivity index (χ4n) is 2.56. The SMILES string of the molecule is CC[C@H](C)[C@H](NC(=O)[C@H](C)N)C(=O)N[C@H](C(=O)N[C@H](C(=O)O)[C@@H](C)O)[C@@H](C)CC. The average molecular weight is 417 g/mol. The number of carbonyl (C=O) groups excluding carboxylic acids is 3. The second-order valence-electron chi connectivity index (χ2n) is 7.60. The van der Waals surface area contributed by atoms with E-state index in [0.717, 1.165) is 0 Å². The second kappa shape index (κ2) is 12.4. The van der Waals surface area contributed by atoms with Crippen molar-refractivity contribution in [3.63, 3.8) is 0 Å². The molecular formula is C19H36N4O6. The first-order valence-corrected chi connectivity index (χ1v) is 9.94. The summed E-state index contributed by atoms with van der Waals surface area (Å²) in [5.41, 5.74) is 5.57.